The second-order valence-electron chi connectivity index (χ2n) is 7.57. The van der Waals surface area contributed by atoms with Crippen LogP contribution in [0.5, 0.6) is 0 Å². The highest BCUT2D eigenvalue weighted by Gasteiger charge is 2.11. The van der Waals surface area contributed by atoms with Crippen molar-refractivity contribution in [1.82, 2.24) is 5.32 Å². The zero-order chi connectivity index (χ0) is 21.5. The molecule has 3 nitrogen and oxygen atoms in total. The van der Waals surface area contributed by atoms with Crippen molar-refractivity contribution in [3.8, 4) is 12.3 Å². The molecule has 0 amide bonds. The van der Waals surface area contributed by atoms with Gasteiger partial charge in [0, 0.05) is 23.5 Å². The molecular weight excluding hydrogens is 366 g/mol. The van der Waals surface area contributed by atoms with Crippen molar-refractivity contribution in [1.29, 1.82) is 0 Å². The van der Waals surface area contributed by atoms with E-state index in [1.54, 1.807) is 0 Å². The summed E-state index contributed by atoms with van der Waals surface area (Å²) < 4.78 is 0. The first-order chi connectivity index (χ1) is 14.6. The van der Waals surface area contributed by atoms with Crippen molar-refractivity contribution < 1.29 is 0 Å². The number of anilines is 1. The summed E-state index contributed by atoms with van der Waals surface area (Å²) in [6.45, 7) is 11.0. The number of nitrogens with two attached hydrogens (primary N) is 1. The Labute approximate surface area is 180 Å². The molecule has 0 unspecified atom stereocenters. The quantitative estimate of drug-likeness (QED) is 0.564. The first-order valence-electron chi connectivity index (χ1n) is 10.5. The van der Waals surface area contributed by atoms with E-state index in [-0.39, 0.29) is 0 Å². The van der Waals surface area contributed by atoms with E-state index in [1.165, 1.54) is 22.3 Å². The van der Waals surface area contributed by atoms with Gasteiger partial charge in [-0.15, -0.1) is 6.42 Å². The standard InChI is InChI=1S/C27H31N3/c1-5-21(11-14-28)26-9-7-24(17-19(26)3)20(4)30-25-8-10-27(22(6-2)18-25)23-12-15-29-16-13-23/h2,5,7-10,12,17-18,29-30H,4,11,13-16,28H2,1,3H3/b21-5+. The van der Waals surface area contributed by atoms with E-state index in [1.807, 2.05) is 6.07 Å². The monoisotopic (exact) mass is 397 g/mol. The van der Waals surface area contributed by atoms with Crippen molar-refractivity contribution in [2.24, 2.45) is 5.73 Å². The summed E-state index contributed by atoms with van der Waals surface area (Å²) in [6.07, 6.45) is 12.1. The van der Waals surface area contributed by atoms with Gasteiger partial charge in [-0.1, -0.05) is 42.9 Å². The summed E-state index contributed by atoms with van der Waals surface area (Å²) in [5.74, 6) is 2.85. The third-order valence-corrected chi connectivity index (χ3v) is 5.56. The zero-order valence-electron chi connectivity index (χ0n) is 18.0. The molecule has 0 spiro atoms. The molecule has 154 valence electrons. The third kappa shape index (κ3) is 4.91. The van der Waals surface area contributed by atoms with Crippen LogP contribution in [0.15, 0.2) is 55.1 Å². The fourth-order valence-electron chi connectivity index (χ4n) is 3.94. The number of terminal acetylenes is 1. The van der Waals surface area contributed by atoms with Crippen LogP contribution in [0, 0.1) is 19.3 Å². The Balaban J connectivity index is 1.80. The van der Waals surface area contributed by atoms with Gasteiger partial charge in [0.2, 0.25) is 0 Å². The Kier molecular flexibility index (Phi) is 7.30. The van der Waals surface area contributed by atoms with Gasteiger partial charge in [-0.3, -0.25) is 0 Å². The molecule has 0 bridgehead atoms. The Hall–Kier alpha value is -3.06. The summed E-state index contributed by atoms with van der Waals surface area (Å²) in [5, 5.41) is 6.76. The minimum absolute atomic E-state index is 0.649. The first kappa shape index (κ1) is 21.6. The average Bonchev–Trinajstić information content (AvgIpc) is 2.78. The Morgan fingerprint density at radius 1 is 1.30 bits per heavy atom. The van der Waals surface area contributed by atoms with E-state index in [9.17, 15) is 0 Å². The van der Waals surface area contributed by atoms with Gasteiger partial charge in [-0.05, 0) is 91.4 Å². The van der Waals surface area contributed by atoms with Gasteiger partial charge in [0.1, 0.15) is 0 Å². The Morgan fingerprint density at radius 2 is 2.13 bits per heavy atom. The molecule has 1 aliphatic rings. The van der Waals surface area contributed by atoms with Crippen LogP contribution >= 0.6 is 0 Å². The lowest BCUT2D eigenvalue weighted by Crippen LogP contribution is -2.20. The van der Waals surface area contributed by atoms with Gasteiger partial charge in [-0.2, -0.15) is 0 Å². The van der Waals surface area contributed by atoms with Crippen LogP contribution in [0.25, 0.3) is 16.8 Å². The normalized spacial score (nSPS) is 14.1. The second kappa shape index (κ2) is 10.1. The van der Waals surface area contributed by atoms with Gasteiger partial charge in [-0.25, -0.2) is 0 Å². The summed E-state index contributed by atoms with van der Waals surface area (Å²) in [7, 11) is 0. The van der Waals surface area contributed by atoms with Crippen molar-refractivity contribution in [2.75, 3.05) is 25.0 Å². The maximum Gasteiger partial charge on any atom is 0.0397 e. The number of allylic oxidation sites excluding steroid dienone is 1. The lowest BCUT2D eigenvalue weighted by atomic mass is 9.94. The summed E-state index contributed by atoms with van der Waals surface area (Å²) in [5.41, 5.74) is 15.7. The molecule has 3 heteroatoms. The maximum absolute atomic E-state index is 5.81. The zero-order valence-corrected chi connectivity index (χ0v) is 18.0. The average molecular weight is 398 g/mol. The number of benzene rings is 2. The highest BCUT2D eigenvalue weighted by atomic mass is 14.9. The summed E-state index contributed by atoms with van der Waals surface area (Å²) >= 11 is 0. The van der Waals surface area contributed by atoms with Crippen LogP contribution < -0.4 is 16.4 Å². The SMILES string of the molecule is C#Cc1cc(NC(=C)c2ccc(/C(=C/C)CCN)c(C)c2)ccc1C1=CCNCC1. The lowest BCUT2D eigenvalue weighted by molar-refractivity contribution is 0.738. The predicted octanol–water partition coefficient (Wildman–Crippen LogP) is 5.19. The fourth-order valence-corrected chi connectivity index (χ4v) is 3.94. The van der Waals surface area contributed by atoms with E-state index >= 15 is 0 Å². The third-order valence-electron chi connectivity index (χ3n) is 5.56. The molecule has 0 aliphatic carbocycles. The van der Waals surface area contributed by atoms with E-state index in [4.69, 9.17) is 12.2 Å². The van der Waals surface area contributed by atoms with Gasteiger partial charge in [0.25, 0.3) is 0 Å². The fraction of sp³-hybridized carbons (Fsp3) is 0.259. The number of hydrogen-bond donors (Lipinski definition) is 3. The molecule has 2 aromatic rings. The molecule has 2 aromatic carbocycles. The van der Waals surface area contributed by atoms with Gasteiger partial charge in [0.05, 0.1) is 0 Å². The van der Waals surface area contributed by atoms with E-state index in [0.29, 0.717) is 6.54 Å². The molecule has 30 heavy (non-hydrogen) atoms. The molecule has 1 heterocycles. The minimum atomic E-state index is 0.649. The second-order valence-corrected chi connectivity index (χ2v) is 7.57. The largest absolute Gasteiger partial charge is 0.355 e. The summed E-state index contributed by atoms with van der Waals surface area (Å²) in [4.78, 5) is 0. The molecule has 3 rings (SSSR count). The van der Waals surface area contributed by atoms with Crippen molar-refractivity contribution >= 4 is 22.5 Å². The topological polar surface area (TPSA) is 50.1 Å². The maximum atomic E-state index is 5.81. The number of hydrogen-bond acceptors (Lipinski definition) is 3. The molecule has 0 aromatic heterocycles. The summed E-state index contributed by atoms with van der Waals surface area (Å²) in [6, 6.07) is 12.6. The van der Waals surface area contributed by atoms with E-state index < -0.39 is 0 Å². The number of rotatable bonds is 7. The van der Waals surface area contributed by atoms with Crippen molar-refractivity contribution in [2.45, 2.75) is 26.7 Å². The highest BCUT2D eigenvalue weighted by molar-refractivity contribution is 5.80. The van der Waals surface area contributed by atoms with Crippen LogP contribution in [0.4, 0.5) is 5.69 Å². The van der Waals surface area contributed by atoms with Gasteiger partial charge in [0.15, 0.2) is 0 Å². The van der Waals surface area contributed by atoms with Gasteiger partial charge < -0.3 is 16.4 Å². The molecule has 0 atom stereocenters. The highest BCUT2D eigenvalue weighted by Crippen LogP contribution is 2.28. The van der Waals surface area contributed by atoms with Crippen LogP contribution in [0.3, 0.4) is 0 Å². The Bertz CT molecular complexity index is 1030. The molecule has 1 aliphatic heterocycles. The lowest BCUT2D eigenvalue weighted by Gasteiger charge is -2.18. The number of aryl methyl sites for hydroxylation is 1. The van der Waals surface area contributed by atoms with Crippen LogP contribution in [0.1, 0.15) is 47.6 Å². The minimum Gasteiger partial charge on any atom is -0.355 e. The van der Waals surface area contributed by atoms with E-state index in [0.717, 1.165) is 54.0 Å². The Morgan fingerprint density at radius 3 is 2.77 bits per heavy atom. The smallest absolute Gasteiger partial charge is 0.0397 e. The molecular formula is C27H31N3. The van der Waals surface area contributed by atoms with Crippen LogP contribution in [0.2, 0.25) is 0 Å². The van der Waals surface area contributed by atoms with E-state index in [2.05, 4.69) is 79.5 Å². The first-order valence-corrected chi connectivity index (χ1v) is 10.5. The van der Waals surface area contributed by atoms with Crippen molar-refractivity contribution in [3.05, 3.63) is 82.9 Å². The van der Waals surface area contributed by atoms with Gasteiger partial charge >= 0.3 is 0 Å². The molecule has 0 radical (unpaired) electrons. The van der Waals surface area contributed by atoms with Crippen LogP contribution in [-0.4, -0.2) is 19.6 Å². The molecule has 0 saturated carbocycles. The molecule has 0 saturated heterocycles. The van der Waals surface area contributed by atoms with Crippen LogP contribution in [-0.2, 0) is 0 Å². The number of nitrogens with one attached hydrogen (secondary N) is 2. The predicted molar refractivity (Wildman–Crippen MR) is 131 cm³/mol. The molecule has 0 fully saturated rings. The molecule has 4 N–H and O–H groups in total. The van der Waals surface area contributed by atoms with Crippen molar-refractivity contribution in [3.63, 3.8) is 0 Å².